The Balaban J connectivity index is 1.84. The van der Waals surface area contributed by atoms with Gasteiger partial charge in [-0.05, 0) is 57.8 Å². The number of fused-ring (bicyclic) bond motifs is 1. The highest BCUT2D eigenvalue weighted by Crippen LogP contribution is 2.35. The molecule has 21 heavy (non-hydrogen) atoms. The summed E-state index contributed by atoms with van der Waals surface area (Å²) < 4.78 is 8.33. The fourth-order valence-corrected chi connectivity index (χ4v) is 3.63. The Kier molecular flexibility index (Phi) is 3.39. The van der Waals surface area contributed by atoms with Gasteiger partial charge in [-0.2, -0.15) is 0 Å². The quantitative estimate of drug-likeness (QED) is 0.851. The summed E-state index contributed by atoms with van der Waals surface area (Å²) in [7, 11) is 2.19. The van der Waals surface area contributed by atoms with Gasteiger partial charge in [0, 0.05) is 12.8 Å². The lowest BCUT2D eigenvalue weighted by molar-refractivity contribution is 0.00501. The Labute approximate surface area is 124 Å². The van der Waals surface area contributed by atoms with Gasteiger partial charge >= 0.3 is 0 Å². The van der Waals surface area contributed by atoms with E-state index in [-0.39, 0.29) is 6.10 Å². The molecule has 112 valence electrons. The predicted molar refractivity (Wildman–Crippen MR) is 81.0 cm³/mol. The summed E-state index contributed by atoms with van der Waals surface area (Å²) in [5.74, 6) is 1.07. The minimum atomic E-state index is 0.127. The number of hydrogen-bond acceptors (Lipinski definition) is 4. The van der Waals surface area contributed by atoms with Crippen LogP contribution in [0.3, 0.4) is 0 Å². The minimum absolute atomic E-state index is 0.127. The molecular weight excluding hydrogens is 264 g/mol. The van der Waals surface area contributed by atoms with Gasteiger partial charge in [-0.1, -0.05) is 0 Å². The van der Waals surface area contributed by atoms with Gasteiger partial charge in [-0.15, -0.1) is 0 Å². The third-order valence-electron chi connectivity index (χ3n) is 4.72. The number of pyridine rings is 1. The van der Waals surface area contributed by atoms with Crippen molar-refractivity contribution in [2.24, 2.45) is 0 Å². The average molecular weight is 286 g/mol. The first-order chi connectivity index (χ1) is 10.3. The summed E-state index contributed by atoms with van der Waals surface area (Å²) in [5, 5.41) is 0. The summed E-state index contributed by atoms with van der Waals surface area (Å²) in [4.78, 5) is 11.9. The van der Waals surface area contributed by atoms with E-state index in [9.17, 15) is 0 Å². The zero-order valence-electron chi connectivity index (χ0n) is 12.5. The van der Waals surface area contributed by atoms with Crippen LogP contribution in [0.5, 0.6) is 0 Å². The summed E-state index contributed by atoms with van der Waals surface area (Å²) >= 11 is 0. The second kappa shape index (κ2) is 5.39. The molecule has 2 aromatic heterocycles. The third-order valence-corrected chi connectivity index (χ3v) is 4.72. The molecule has 4 rings (SSSR count). The Morgan fingerprint density at radius 1 is 1.24 bits per heavy atom. The zero-order chi connectivity index (χ0) is 14.2. The van der Waals surface area contributed by atoms with Crippen LogP contribution in [-0.4, -0.2) is 39.6 Å². The number of rotatable bonds is 2. The number of nitrogens with zero attached hydrogens (tertiary/aromatic N) is 4. The first-order valence-corrected chi connectivity index (χ1v) is 7.99. The normalized spacial score (nSPS) is 27.5. The molecular formula is C16H22N4O. The molecule has 0 spiro atoms. The monoisotopic (exact) mass is 286 g/mol. The second-order valence-corrected chi connectivity index (χ2v) is 6.14. The highest BCUT2D eigenvalue weighted by Gasteiger charge is 2.31. The fourth-order valence-electron chi connectivity index (χ4n) is 3.63. The number of imidazole rings is 1. The summed E-state index contributed by atoms with van der Waals surface area (Å²) in [6.07, 6.45) is 8.21. The van der Waals surface area contributed by atoms with Gasteiger partial charge in [0.05, 0.1) is 6.17 Å². The van der Waals surface area contributed by atoms with E-state index in [0.29, 0.717) is 6.17 Å². The van der Waals surface area contributed by atoms with Crippen molar-refractivity contribution in [2.75, 3.05) is 20.2 Å². The Bertz CT molecular complexity index is 632. The number of likely N-dealkylation sites (tertiary alicyclic amines) is 1. The van der Waals surface area contributed by atoms with Gasteiger partial charge < -0.3 is 4.74 Å². The Morgan fingerprint density at radius 3 is 2.95 bits per heavy atom. The van der Waals surface area contributed by atoms with Gasteiger partial charge in [-0.25, -0.2) is 9.97 Å². The van der Waals surface area contributed by atoms with Gasteiger partial charge in [-0.3, -0.25) is 9.47 Å². The lowest BCUT2D eigenvalue weighted by atomic mass is 10.1. The van der Waals surface area contributed by atoms with Crippen LogP contribution in [0.15, 0.2) is 18.3 Å². The van der Waals surface area contributed by atoms with Crippen molar-refractivity contribution >= 4 is 11.2 Å². The van der Waals surface area contributed by atoms with Crippen LogP contribution in [0.4, 0.5) is 0 Å². The topological polar surface area (TPSA) is 43.2 Å². The van der Waals surface area contributed by atoms with E-state index in [2.05, 4.69) is 27.6 Å². The molecule has 2 saturated heterocycles. The number of ether oxygens (including phenoxy) is 1. The second-order valence-electron chi connectivity index (χ2n) is 6.14. The number of aromatic nitrogens is 3. The molecule has 5 heteroatoms. The van der Waals surface area contributed by atoms with Crippen LogP contribution < -0.4 is 0 Å². The van der Waals surface area contributed by atoms with Crippen LogP contribution >= 0.6 is 0 Å². The molecule has 0 N–H and O–H groups in total. The molecule has 2 atom stereocenters. The molecule has 2 aliphatic rings. The maximum atomic E-state index is 6.00. The summed E-state index contributed by atoms with van der Waals surface area (Å²) in [6.45, 7) is 1.99. The highest BCUT2D eigenvalue weighted by atomic mass is 16.5. The van der Waals surface area contributed by atoms with E-state index in [1.54, 1.807) is 0 Å². The zero-order valence-corrected chi connectivity index (χ0v) is 12.5. The summed E-state index contributed by atoms with van der Waals surface area (Å²) in [5.41, 5.74) is 1.99. The molecule has 0 aromatic carbocycles. The maximum absolute atomic E-state index is 6.00. The summed E-state index contributed by atoms with van der Waals surface area (Å²) in [6, 6.07) is 4.02. The van der Waals surface area contributed by atoms with Crippen LogP contribution in [-0.2, 0) is 4.74 Å². The first-order valence-electron chi connectivity index (χ1n) is 7.99. The van der Waals surface area contributed by atoms with Gasteiger partial charge in [0.2, 0.25) is 0 Å². The van der Waals surface area contributed by atoms with Crippen molar-refractivity contribution < 1.29 is 4.74 Å². The molecule has 0 bridgehead atoms. The molecule has 2 aromatic rings. The molecule has 2 aliphatic heterocycles. The van der Waals surface area contributed by atoms with E-state index in [1.165, 1.54) is 12.8 Å². The van der Waals surface area contributed by atoms with E-state index in [0.717, 1.165) is 49.4 Å². The first kappa shape index (κ1) is 13.2. The van der Waals surface area contributed by atoms with E-state index < -0.39 is 0 Å². The standard InChI is InChI=1S/C16H22N4O/c1-19-10-5-8-14(19)20-15-12(6-4-9-17-15)18-16(20)13-7-2-3-11-21-13/h4,6,9,13-14H,2-3,5,7-8,10-11H2,1H3. The molecule has 0 amide bonds. The van der Waals surface area contributed by atoms with Crippen molar-refractivity contribution in [1.82, 2.24) is 19.4 Å². The van der Waals surface area contributed by atoms with Gasteiger partial charge in [0.25, 0.3) is 0 Å². The van der Waals surface area contributed by atoms with Crippen LogP contribution in [0.2, 0.25) is 0 Å². The van der Waals surface area contributed by atoms with Gasteiger partial charge in [0.1, 0.15) is 17.4 Å². The third kappa shape index (κ3) is 2.24. The molecule has 2 fully saturated rings. The lowest BCUT2D eigenvalue weighted by Crippen LogP contribution is -2.27. The SMILES string of the molecule is CN1CCCC1n1c(C2CCCCO2)nc2cccnc21. The fraction of sp³-hybridized carbons (Fsp3) is 0.625. The van der Waals surface area contributed by atoms with Crippen molar-refractivity contribution in [3.63, 3.8) is 0 Å². The van der Waals surface area contributed by atoms with Crippen molar-refractivity contribution in [1.29, 1.82) is 0 Å². The molecule has 0 aliphatic carbocycles. The average Bonchev–Trinajstić information content (AvgIpc) is 3.11. The smallest absolute Gasteiger partial charge is 0.161 e. The van der Waals surface area contributed by atoms with E-state index >= 15 is 0 Å². The maximum Gasteiger partial charge on any atom is 0.161 e. The molecule has 4 heterocycles. The Morgan fingerprint density at radius 2 is 2.19 bits per heavy atom. The number of hydrogen-bond donors (Lipinski definition) is 0. The molecule has 2 unspecified atom stereocenters. The van der Waals surface area contributed by atoms with Crippen molar-refractivity contribution in [3.05, 3.63) is 24.2 Å². The molecule has 0 saturated carbocycles. The predicted octanol–water partition coefficient (Wildman–Crippen LogP) is 2.90. The van der Waals surface area contributed by atoms with Crippen molar-refractivity contribution in [3.8, 4) is 0 Å². The molecule has 5 nitrogen and oxygen atoms in total. The van der Waals surface area contributed by atoms with Crippen LogP contribution in [0.1, 0.15) is 50.2 Å². The largest absolute Gasteiger partial charge is 0.370 e. The van der Waals surface area contributed by atoms with Crippen LogP contribution in [0.25, 0.3) is 11.2 Å². The van der Waals surface area contributed by atoms with Gasteiger partial charge in [0.15, 0.2) is 5.65 Å². The van der Waals surface area contributed by atoms with E-state index in [4.69, 9.17) is 9.72 Å². The lowest BCUT2D eigenvalue weighted by Gasteiger charge is -2.28. The molecule has 0 radical (unpaired) electrons. The Hall–Kier alpha value is -1.46. The highest BCUT2D eigenvalue weighted by molar-refractivity contribution is 5.71. The van der Waals surface area contributed by atoms with E-state index in [1.807, 2.05) is 12.3 Å². The van der Waals surface area contributed by atoms with Crippen molar-refractivity contribution in [2.45, 2.75) is 44.4 Å². The van der Waals surface area contributed by atoms with Crippen LogP contribution in [0, 0.1) is 0 Å². The minimum Gasteiger partial charge on any atom is -0.370 e.